The van der Waals surface area contributed by atoms with Gasteiger partial charge in [-0.05, 0) is 72.1 Å². The monoisotopic (exact) mass is 667 g/mol. The standard InChI is InChI=1S/C29H32BrCl2N3O4S/c1-29(2,3)33-28(37)26(16-20-10-6-5-7-11-20)34(18-21-14-15-22(31)17-24(21)32)27(36)19-35(40(4,38)39)25-13-9-8-12-23(25)30/h5-15,17,26H,16,18-19H2,1-4H3,(H,33,37)/t26-/m1/s1. The second-order valence-corrected chi connectivity index (χ2v) is 14.0. The van der Waals surface area contributed by atoms with E-state index >= 15 is 0 Å². The number of hydrogen-bond acceptors (Lipinski definition) is 4. The number of amides is 2. The Morgan fingerprint density at radius 3 is 2.17 bits per heavy atom. The van der Waals surface area contributed by atoms with Gasteiger partial charge in [0.15, 0.2) is 0 Å². The molecule has 2 amide bonds. The van der Waals surface area contributed by atoms with Gasteiger partial charge in [-0.15, -0.1) is 0 Å². The van der Waals surface area contributed by atoms with Crippen LogP contribution in [0, 0.1) is 0 Å². The highest BCUT2D eigenvalue weighted by atomic mass is 79.9. The molecule has 0 saturated carbocycles. The Labute approximate surface area is 254 Å². The molecule has 214 valence electrons. The molecule has 0 saturated heterocycles. The Morgan fingerprint density at radius 1 is 0.975 bits per heavy atom. The molecule has 0 heterocycles. The van der Waals surface area contributed by atoms with E-state index in [-0.39, 0.29) is 18.9 Å². The molecule has 1 N–H and O–H groups in total. The first-order valence-electron chi connectivity index (χ1n) is 12.5. The van der Waals surface area contributed by atoms with Crippen LogP contribution in [-0.2, 0) is 32.6 Å². The van der Waals surface area contributed by atoms with Crippen LogP contribution in [0.25, 0.3) is 0 Å². The van der Waals surface area contributed by atoms with Gasteiger partial charge in [-0.3, -0.25) is 13.9 Å². The van der Waals surface area contributed by atoms with Crippen LogP contribution in [-0.4, -0.2) is 49.5 Å². The summed E-state index contributed by atoms with van der Waals surface area (Å²) < 4.78 is 27.3. The SMILES string of the molecule is CC(C)(C)NC(=O)[C@@H](Cc1ccccc1)N(Cc1ccc(Cl)cc1Cl)C(=O)CN(c1ccccc1Br)S(C)(=O)=O. The lowest BCUT2D eigenvalue weighted by molar-refractivity contribution is -0.140. The molecular weight excluding hydrogens is 637 g/mol. The van der Waals surface area contributed by atoms with Crippen molar-refractivity contribution >= 4 is 66.7 Å². The summed E-state index contributed by atoms with van der Waals surface area (Å²) in [5, 5.41) is 3.73. The lowest BCUT2D eigenvalue weighted by Crippen LogP contribution is -2.56. The van der Waals surface area contributed by atoms with Crippen molar-refractivity contribution in [1.29, 1.82) is 0 Å². The van der Waals surface area contributed by atoms with Gasteiger partial charge in [0.1, 0.15) is 12.6 Å². The highest BCUT2D eigenvalue weighted by Gasteiger charge is 2.35. The molecular formula is C29H32BrCl2N3O4S. The first-order chi connectivity index (χ1) is 18.7. The number of rotatable bonds is 10. The van der Waals surface area contributed by atoms with E-state index in [1.165, 1.54) is 4.90 Å². The molecule has 1 atom stereocenters. The second-order valence-electron chi connectivity index (χ2n) is 10.4. The van der Waals surface area contributed by atoms with E-state index in [0.29, 0.717) is 25.8 Å². The van der Waals surface area contributed by atoms with Gasteiger partial charge in [0, 0.05) is 33.0 Å². The number of nitrogens with zero attached hydrogens (tertiary/aromatic N) is 2. The second kappa shape index (κ2) is 13.4. The van der Waals surface area contributed by atoms with Crippen LogP contribution >= 0.6 is 39.1 Å². The van der Waals surface area contributed by atoms with Crippen molar-refractivity contribution in [3.05, 3.63) is 98.4 Å². The summed E-state index contributed by atoms with van der Waals surface area (Å²) in [6, 6.07) is 20.0. The van der Waals surface area contributed by atoms with E-state index in [9.17, 15) is 18.0 Å². The first kappa shape index (κ1) is 31.9. The van der Waals surface area contributed by atoms with E-state index in [2.05, 4.69) is 21.2 Å². The van der Waals surface area contributed by atoms with E-state index in [1.54, 1.807) is 42.5 Å². The number of nitrogens with one attached hydrogen (secondary N) is 1. The number of carbonyl (C=O) groups excluding carboxylic acids is 2. The summed E-state index contributed by atoms with van der Waals surface area (Å²) >= 11 is 16.0. The topological polar surface area (TPSA) is 86.8 Å². The van der Waals surface area contributed by atoms with Crippen LogP contribution in [0.5, 0.6) is 0 Å². The van der Waals surface area contributed by atoms with Crippen molar-refractivity contribution in [2.24, 2.45) is 0 Å². The molecule has 0 radical (unpaired) electrons. The number of carbonyl (C=O) groups is 2. The smallest absolute Gasteiger partial charge is 0.244 e. The van der Waals surface area contributed by atoms with Crippen molar-refractivity contribution < 1.29 is 18.0 Å². The Morgan fingerprint density at radius 2 is 1.60 bits per heavy atom. The molecule has 3 aromatic rings. The normalized spacial score (nSPS) is 12.5. The maximum Gasteiger partial charge on any atom is 0.244 e. The molecule has 0 aliphatic heterocycles. The van der Waals surface area contributed by atoms with Gasteiger partial charge >= 0.3 is 0 Å². The zero-order chi connectivity index (χ0) is 29.7. The molecule has 11 heteroatoms. The van der Waals surface area contributed by atoms with Crippen LogP contribution in [0.2, 0.25) is 10.0 Å². The van der Waals surface area contributed by atoms with Crippen LogP contribution in [0.4, 0.5) is 5.69 Å². The van der Waals surface area contributed by atoms with Crippen LogP contribution < -0.4 is 9.62 Å². The van der Waals surface area contributed by atoms with Crippen LogP contribution in [0.1, 0.15) is 31.9 Å². The van der Waals surface area contributed by atoms with E-state index in [0.717, 1.165) is 16.1 Å². The summed E-state index contributed by atoms with van der Waals surface area (Å²) in [5.74, 6) is -0.946. The highest BCUT2D eigenvalue weighted by molar-refractivity contribution is 9.10. The molecule has 0 spiro atoms. The third-order valence-corrected chi connectivity index (χ3v) is 8.31. The Balaban J connectivity index is 2.11. The highest BCUT2D eigenvalue weighted by Crippen LogP contribution is 2.29. The molecule has 0 fully saturated rings. The molecule has 3 aromatic carbocycles. The van der Waals surface area contributed by atoms with Gasteiger partial charge in [-0.2, -0.15) is 0 Å². The largest absolute Gasteiger partial charge is 0.350 e. The Kier molecular flexibility index (Phi) is 10.7. The van der Waals surface area contributed by atoms with E-state index < -0.39 is 34.1 Å². The quantitative estimate of drug-likeness (QED) is 0.284. The summed E-state index contributed by atoms with van der Waals surface area (Å²) in [6.45, 7) is 4.99. The van der Waals surface area contributed by atoms with Gasteiger partial charge in [0.05, 0.1) is 11.9 Å². The molecule has 40 heavy (non-hydrogen) atoms. The number of para-hydroxylation sites is 1. The van der Waals surface area contributed by atoms with Crippen LogP contribution in [0.15, 0.2) is 77.3 Å². The number of benzene rings is 3. The average molecular weight is 669 g/mol. The molecule has 0 aliphatic carbocycles. The summed E-state index contributed by atoms with van der Waals surface area (Å²) in [7, 11) is -3.88. The summed E-state index contributed by atoms with van der Waals surface area (Å²) in [5.41, 5.74) is 1.13. The summed E-state index contributed by atoms with van der Waals surface area (Å²) in [6.07, 6.45) is 1.24. The first-order valence-corrected chi connectivity index (χ1v) is 15.9. The number of anilines is 1. The fraction of sp³-hybridized carbons (Fsp3) is 0.310. The van der Waals surface area contributed by atoms with Gasteiger partial charge in [-0.1, -0.05) is 71.7 Å². The number of halogens is 3. The molecule has 3 rings (SSSR count). The van der Waals surface area contributed by atoms with Crippen LogP contribution in [0.3, 0.4) is 0 Å². The molecule has 7 nitrogen and oxygen atoms in total. The van der Waals surface area contributed by atoms with Crippen molar-refractivity contribution in [2.75, 3.05) is 17.1 Å². The van der Waals surface area contributed by atoms with Gasteiger partial charge in [0.25, 0.3) is 0 Å². The van der Waals surface area contributed by atoms with Gasteiger partial charge in [0.2, 0.25) is 21.8 Å². The van der Waals surface area contributed by atoms with Crippen molar-refractivity contribution in [3.63, 3.8) is 0 Å². The molecule has 0 unspecified atom stereocenters. The maximum absolute atomic E-state index is 14.1. The zero-order valence-corrected chi connectivity index (χ0v) is 26.6. The summed E-state index contributed by atoms with van der Waals surface area (Å²) in [4.78, 5) is 29.3. The lowest BCUT2D eigenvalue weighted by Gasteiger charge is -2.35. The molecule has 0 aromatic heterocycles. The minimum absolute atomic E-state index is 0.0442. The van der Waals surface area contributed by atoms with Crippen molar-refractivity contribution in [2.45, 2.75) is 45.3 Å². The number of hydrogen-bond donors (Lipinski definition) is 1. The minimum atomic E-state index is -3.88. The van der Waals surface area contributed by atoms with E-state index in [4.69, 9.17) is 23.2 Å². The average Bonchev–Trinajstić information content (AvgIpc) is 2.85. The minimum Gasteiger partial charge on any atom is -0.350 e. The Bertz CT molecular complexity index is 1460. The van der Waals surface area contributed by atoms with Crippen molar-refractivity contribution in [3.8, 4) is 0 Å². The predicted molar refractivity (Wildman–Crippen MR) is 165 cm³/mol. The molecule has 0 bridgehead atoms. The molecule has 0 aliphatic rings. The third kappa shape index (κ3) is 8.96. The van der Waals surface area contributed by atoms with E-state index in [1.807, 2.05) is 51.1 Å². The third-order valence-electron chi connectivity index (χ3n) is 5.93. The van der Waals surface area contributed by atoms with Gasteiger partial charge in [-0.25, -0.2) is 8.42 Å². The van der Waals surface area contributed by atoms with Gasteiger partial charge < -0.3 is 10.2 Å². The number of sulfonamides is 1. The lowest BCUT2D eigenvalue weighted by atomic mass is 10.0. The predicted octanol–water partition coefficient (Wildman–Crippen LogP) is 6.08. The Hall–Kier alpha value is -2.59. The maximum atomic E-state index is 14.1. The fourth-order valence-corrected chi connectivity index (χ4v) is 6.03. The zero-order valence-electron chi connectivity index (χ0n) is 22.7. The van der Waals surface area contributed by atoms with Crippen molar-refractivity contribution in [1.82, 2.24) is 10.2 Å². The fourth-order valence-electron chi connectivity index (χ4n) is 4.09.